The number of amidine groups is 1. The van der Waals surface area contributed by atoms with E-state index in [0.717, 1.165) is 24.8 Å². The predicted octanol–water partition coefficient (Wildman–Crippen LogP) is 3.15. The maximum Gasteiger partial charge on any atom is 0.328 e. The molecule has 0 atom stereocenters. The van der Waals surface area contributed by atoms with Gasteiger partial charge in [0.25, 0.3) is 0 Å². The molecule has 1 aliphatic rings. The first-order valence-corrected chi connectivity index (χ1v) is 8.43. The van der Waals surface area contributed by atoms with Crippen molar-refractivity contribution >= 4 is 24.0 Å². The number of pyridine rings is 1. The Kier molecular flexibility index (Phi) is 6.80. The van der Waals surface area contributed by atoms with Crippen LogP contribution in [0.2, 0.25) is 0 Å². The van der Waals surface area contributed by atoms with Crippen LogP contribution >= 0.6 is 0 Å². The second kappa shape index (κ2) is 9.28. The number of carbonyl (C=O) groups is 2. The van der Waals surface area contributed by atoms with Crippen LogP contribution in [0.4, 0.5) is 10.6 Å². The Hall–Kier alpha value is -3.27. The third-order valence-corrected chi connectivity index (χ3v) is 3.77. The van der Waals surface area contributed by atoms with E-state index in [1.807, 2.05) is 25.1 Å². The summed E-state index contributed by atoms with van der Waals surface area (Å²) in [5.41, 5.74) is 1.63. The summed E-state index contributed by atoms with van der Waals surface area (Å²) in [5.74, 6) is 0.872. The first-order chi connectivity index (χ1) is 12.6. The number of amides is 2. The van der Waals surface area contributed by atoms with Gasteiger partial charge in [0.1, 0.15) is 23.4 Å². The Morgan fingerprint density at radius 3 is 3.00 bits per heavy atom. The summed E-state index contributed by atoms with van der Waals surface area (Å²) in [7, 11) is 0. The molecule has 7 heteroatoms. The minimum absolute atomic E-state index is 0.290. The fraction of sp³-hybridized carbons (Fsp3) is 0.316. The molecule has 0 saturated carbocycles. The zero-order valence-corrected chi connectivity index (χ0v) is 14.9. The lowest BCUT2D eigenvalue weighted by molar-refractivity contribution is 0.111. The second-order valence-electron chi connectivity index (χ2n) is 5.74. The first kappa shape index (κ1) is 19.1. The van der Waals surface area contributed by atoms with Crippen molar-refractivity contribution in [3.63, 3.8) is 0 Å². The van der Waals surface area contributed by atoms with E-state index in [2.05, 4.69) is 15.3 Å². The summed E-state index contributed by atoms with van der Waals surface area (Å²) >= 11 is 0. The highest BCUT2D eigenvalue weighted by atomic mass is 16.2. The van der Waals surface area contributed by atoms with E-state index in [-0.39, 0.29) is 11.7 Å². The SMILES string of the molecule is CC/C=C/C(C#N)=C\N=C(C)NC(=O)N1CCCc2ccc(C=O)nc21. The Morgan fingerprint density at radius 1 is 1.50 bits per heavy atom. The topological polar surface area (TPSA) is 98.5 Å². The summed E-state index contributed by atoms with van der Waals surface area (Å²) in [6.07, 6.45) is 8.08. The van der Waals surface area contributed by atoms with Gasteiger partial charge in [0, 0.05) is 12.7 Å². The van der Waals surface area contributed by atoms with Crippen LogP contribution in [0.1, 0.15) is 42.7 Å². The van der Waals surface area contributed by atoms with Crippen molar-refractivity contribution in [2.24, 2.45) is 4.99 Å². The van der Waals surface area contributed by atoms with E-state index in [1.54, 1.807) is 19.1 Å². The second-order valence-corrected chi connectivity index (χ2v) is 5.74. The Labute approximate surface area is 152 Å². The van der Waals surface area contributed by atoms with Gasteiger partial charge in [0.15, 0.2) is 6.29 Å². The zero-order valence-electron chi connectivity index (χ0n) is 14.9. The predicted molar refractivity (Wildman–Crippen MR) is 100 cm³/mol. The van der Waals surface area contributed by atoms with Gasteiger partial charge in [0.05, 0.1) is 5.57 Å². The van der Waals surface area contributed by atoms with Crippen LogP contribution in [0.3, 0.4) is 0 Å². The lowest BCUT2D eigenvalue weighted by atomic mass is 10.1. The lowest BCUT2D eigenvalue weighted by Gasteiger charge is -2.28. The number of fused-ring (bicyclic) bond motifs is 1. The van der Waals surface area contributed by atoms with E-state index in [0.29, 0.717) is 30.1 Å². The molecule has 1 aliphatic heterocycles. The van der Waals surface area contributed by atoms with Gasteiger partial charge >= 0.3 is 6.03 Å². The molecule has 2 heterocycles. The smallest absolute Gasteiger partial charge is 0.296 e. The molecule has 0 radical (unpaired) electrons. The van der Waals surface area contributed by atoms with Gasteiger partial charge in [-0.3, -0.25) is 15.0 Å². The van der Waals surface area contributed by atoms with E-state index in [4.69, 9.17) is 5.26 Å². The molecule has 2 rings (SSSR count). The van der Waals surface area contributed by atoms with Gasteiger partial charge in [0.2, 0.25) is 0 Å². The quantitative estimate of drug-likeness (QED) is 0.296. The summed E-state index contributed by atoms with van der Waals surface area (Å²) in [6, 6.07) is 5.15. The third-order valence-electron chi connectivity index (χ3n) is 3.77. The number of nitrogens with zero attached hydrogens (tertiary/aromatic N) is 4. The maximum atomic E-state index is 12.6. The van der Waals surface area contributed by atoms with Crippen molar-refractivity contribution in [3.8, 4) is 6.07 Å². The number of anilines is 1. The zero-order chi connectivity index (χ0) is 18.9. The molecular weight excluding hydrogens is 330 g/mol. The van der Waals surface area contributed by atoms with Crippen LogP contribution < -0.4 is 10.2 Å². The molecule has 0 unspecified atom stereocenters. The van der Waals surface area contributed by atoms with Crippen LogP contribution in [0.25, 0.3) is 0 Å². The number of nitriles is 1. The molecule has 7 nitrogen and oxygen atoms in total. The Balaban J connectivity index is 2.15. The number of hydrogen-bond acceptors (Lipinski definition) is 5. The van der Waals surface area contributed by atoms with Crippen LogP contribution in [-0.2, 0) is 6.42 Å². The van der Waals surface area contributed by atoms with Crippen molar-refractivity contribution < 1.29 is 9.59 Å². The van der Waals surface area contributed by atoms with Crippen molar-refractivity contribution in [2.75, 3.05) is 11.4 Å². The molecule has 0 saturated heterocycles. The largest absolute Gasteiger partial charge is 0.328 e. The molecule has 2 amide bonds. The summed E-state index contributed by atoms with van der Waals surface area (Å²) in [6.45, 7) is 4.13. The van der Waals surface area contributed by atoms with E-state index in [1.165, 1.54) is 11.1 Å². The summed E-state index contributed by atoms with van der Waals surface area (Å²) in [5, 5.41) is 11.7. The van der Waals surface area contributed by atoms with E-state index in [9.17, 15) is 9.59 Å². The van der Waals surface area contributed by atoms with Crippen LogP contribution in [0.15, 0.2) is 41.1 Å². The summed E-state index contributed by atoms with van der Waals surface area (Å²) < 4.78 is 0. The highest BCUT2D eigenvalue weighted by Crippen LogP contribution is 2.25. The molecule has 0 aliphatic carbocycles. The minimum atomic E-state index is -0.362. The standard InChI is InChI=1S/C19H21N5O2/c1-3-4-6-15(11-20)12-21-14(2)22-19(26)24-10-5-7-16-8-9-17(13-25)23-18(16)24/h4,6,8-9,12-13H,3,5,7,10H2,1-2H3,(H,21,22,26)/b6-4+,15-12+. The van der Waals surface area contributed by atoms with Crippen molar-refractivity contribution in [2.45, 2.75) is 33.1 Å². The molecule has 1 aromatic rings. The molecule has 0 aromatic carbocycles. The number of nitrogens with one attached hydrogen (secondary N) is 1. The number of aryl methyl sites for hydroxylation is 1. The first-order valence-electron chi connectivity index (χ1n) is 8.43. The Bertz CT molecular complexity index is 818. The molecule has 1 N–H and O–H groups in total. The highest BCUT2D eigenvalue weighted by molar-refractivity contribution is 6.04. The van der Waals surface area contributed by atoms with Gasteiger partial charge in [-0.15, -0.1) is 0 Å². The molecule has 134 valence electrons. The number of rotatable bonds is 4. The number of aliphatic imine (C=N–C) groups is 1. The van der Waals surface area contributed by atoms with Crippen LogP contribution in [0.5, 0.6) is 0 Å². The van der Waals surface area contributed by atoms with E-state index < -0.39 is 0 Å². The molecule has 1 aromatic heterocycles. The molecule has 26 heavy (non-hydrogen) atoms. The van der Waals surface area contributed by atoms with Crippen molar-refractivity contribution in [3.05, 3.63) is 47.3 Å². The minimum Gasteiger partial charge on any atom is -0.296 e. The third kappa shape index (κ3) is 4.86. The van der Waals surface area contributed by atoms with Crippen LogP contribution in [0, 0.1) is 11.3 Å². The molecule has 0 fully saturated rings. The fourth-order valence-corrected chi connectivity index (χ4v) is 2.49. The number of carbonyl (C=O) groups excluding carboxylic acids is 2. The number of allylic oxidation sites excluding steroid dienone is 3. The number of hydrogen-bond donors (Lipinski definition) is 1. The van der Waals surface area contributed by atoms with Gasteiger partial charge in [-0.25, -0.2) is 14.8 Å². The monoisotopic (exact) mass is 351 g/mol. The average Bonchev–Trinajstić information content (AvgIpc) is 2.67. The van der Waals surface area contributed by atoms with Crippen molar-refractivity contribution in [1.29, 1.82) is 5.26 Å². The lowest BCUT2D eigenvalue weighted by Crippen LogP contribution is -2.45. The van der Waals surface area contributed by atoms with Gasteiger partial charge in [-0.1, -0.05) is 19.1 Å². The fourth-order valence-electron chi connectivity index (χ4n) is 2.49. The van der Waals surface area contributed by atoms with Crippen molar-refractivity contribution in [1.82, 2.24) is 10.3 Å². The molecule has 0 bridgehead atoms. The molecule has 0 spiro atoms. The normalized spacial score (nSPS) is 14.7. The van der Waals surface area contributed by atoms with Gasteiger partial charge in [-0.05, 0) is 43.9 Å². The highest BCUT2D eigenvalue weighted by Gasteiger charge is 2.24. The number of urea groups is 1. The maximum absolute atomic E-state index is 12.6. The van der Waals surface area contributed by atoms with Gasteiger partial charge < -0.3 is 0 Å². The Morgan fingerprint density at radius 2 is 2.31 bits per heavy atom. The average molecular weight is 351 g/mol. The molecular formula is C19H21N5O2. The summed E-state index contributed by atoms with van der Waals surface area (Å²) in [4.78, 5) is 33.4. The van der Waals surface area contributed by atoms with Gasteiger partial charge in [-0.2, -0.15) is 5.26 Å². The van der Waals surface area contributed by atoms with E-state index >= 15 is 0 Å². The number of aldehydes is 1. The van der Waals surface area contributed by atoms with Crippen LogP contribution in [-0.4, -0.2) is 29.7 Å². The number of aromatic nitrogens is 1.